The molecule has 0 rings (SSSR count). The van der Waals surface area contributed by atoms with Crippen LogP contribution in [-0.4, -0.2) is 25.8 Å². The molecule has 0 saturated heterocycles. The van der Waals surface area contributed by atoms with Crippen molar-refractivity contribution in [2.75, 3.05) is 19.8 Å². The van der Waals surface area contributed by atoms with E-state index in [1.165, 1.54) is 25.7 Å². The van der Waals surface area contributed by atoms with E-state index in [-0.39, 0.29) is 0 Å². The first kappa shape index (κ1) is 15.9. The highest BCUT2D eigenvalue weighted by Gasteiger charge is 2.02. The first-order chi connectivity index (χ1) is 7.66. The van der Waals surface area contributed by atoms with Crippen LogP contribution in [0.2, 0.25) is 0 Å². The van der Waals surface area contributed by atoms with Gasteiger partial charge in [0.2, 0.25) is 0 Å². The van der Waals surface area contributed by atoms with E-state index in [4.69, 9.17) is 4.74 Å². The Morgan fingerprint density at radius 3 is 2.31 bits per heavy atom. The van der Waals surface area contributed by atoms with Crippen molar-refractivity contribution in [3.05, 3.63) is 0 Å². The lowest BCUT2D eigenvalue weighted by atomic mass is 10.0. The maximum Gasteiger partial charge on any atom is 0.0478 e. The summed E-state index contributed by atoms with van der Waals surface area (Å²) in [5, 5.41) is 3.55. The summed E-state index contributed by atoms with van der Waals surface area (Å²) in [6.45, 7) is 12.0. The van der Waals surface area contributed by atoms with Crippen LogP contribution in [0.25, 0.3) is 0 Å². The van der Waals surface area contributed by atoms with Crippen LogP contribution in [0.1, 0.15) is 59.8 Å². The second-order valence-electron chi connectivity index (χ2n) is 5.15. The zero-order valence-electron chi connectivity index (χ0n) is 11.7. The zero-order chi connectivity index (χ0) is 12.2. The third-order valence-electron chi connectivity index (χ3n) is 2.78. The van der Waals surface area contributed by atoms with E-state index in [1.807, 2.05) is 0 Å². The molecule has 1 unspecified atom stereocenters. The van der Waals surface area contributed by atoms with Gasteiger partial charge < -0.3 is 10.1 Å². The maximum atomic E-state index is 5.51. The topological polar surface area (TPSA) is 21.3 Å². The number of rotatable bonds is 11. The number of nitrogens with one attached hydrogen (secondary N) is 1. The van der Waals surface area contributed by atoms with Gasteiger partial charge in [-0.2, -0.15) is 0 Å². The van der Waals surface area contributed by atoms with Crippen LogP contribution in [0.5, 0.6) is 0 Å². The Balaban J connectivity index is 3.12. The number of unbranched alkanes of at least 4 members (excludes halogenated alkanes) is 1. The third kappa shape index (κ3) is 12.0. The molecule has 0 radical (unpaired) electrons. The summed E-state index contributed by atoms with van der Waals surface area (Å²) < 4.78 is 5.51. The largest absolute Gasteiger partial charge is 0.381 e. The van der Waals surface area contributed by atoms with E-state index in [0.717, 1.165) is 32.1 Å². The van der Waals surface area contributed by atoms with Crippen molar-refractivity contribution < 1.29 is 4.74 Å². The third-order valence-corrected chi connectivity index (χ3v) is 2.78. The molecule has 0 aliphatic carbocycles. The number of hydrogen-bond acceptors (Lipinski definition) is 2. The molecule has 0 aliphatic heterocycles. The molecule has 98 valence electrons. The van der Waals surface area contributed by atoms with Crippen molar-refractivity contribution in [2.24, 2.45) is 5.92 Å². The predicted octanol–water partition coefficient (Wildman–Crippen LogP) is 3.61. The molecular formula is C14H31NO. The van der Waals surface area contributed by atoms with E-state index in [9.17, 15) is 0 Å². The summed E-state index contributed by atoms with van der Waals surface area (Å²) in [6, 6.07) is 0.651. The highest BCUT2D eigenvalue weighted by molar-refractivity contribution is 4.61. The van der Waals surface area contributed by atoms with Crippen LogP contribution in [0.3, 0.4) is 0 Å². The molecule has 0 aliphatic rings. The highest BCUT2D eigenvalue weighted by Crippen LogP contribution is 2.06. The van der Waals surface area contributed by atoms with Crippen LogP contribution < -0.4 is 5.32 Å². The van der Waals surface area contributed by atoms with Crippen molar-refractivity contribution >= 4 is 0 Å². The molecule has 0 aromatic rings. The second kappa shape index (κ2) is 11.4. The van der Waals surface area contributed by atoms with Crippen LogP contribution in [0.4, 0.5) is 0 Å². The van der Waals surface area contributed by atoms with Gasteiger partial charge in [-0.1, -0.05) is 27.2 Å². The standard InChI is InChI=1S/C14H31NO/c1-5-6-11-16-12-7-10-15-14(4)9-8-13(2)3/h13-15H,5-12H2,1-4H3. The summed E-state index contributed by atoms with van der Waals surface area (Å²) in [5.74, 6) is 0.821. The molecule has 2 heteroatoms. The minimum absolute atomic E-state index is 0.651. The average molecular weight is 229 g/mol. The van der Waals surface area contributed by atoms with Gasteiger partial charge in [-0.15, -0.1) is 0 Å². The van der Waals surface area contributed by atoms with Gasteiger partial charge in [-0.05, 0) is 45.1 Å². The van der Waals surface area contributed by atoms with Crippen LogP contribution in [0.15, 0.2) is 0 Å². The molecule has 1 N–H and O–H groups in total. The Hall–Kier alpha value is -0.0800. The minimum atomic E-state index is 0.651. The predicted molar refractivity (Wildman–Crippen MR) is 71.9 cm³/mol. The zero-order valence-corrected chi connectivity index (χ0v) is 11.7. The van der Waals surface area contributed by atoms with E-state index >= 15 is 0 Å². The average Bonchev–Trinajstić information content (AvgIpc) is 2.25. The van der Waals surface area contributed by atoms with Crippen molar-refractivity contribution in [3.8, 4) is 0 Å². The fourth-order valence-corrected chi connectivity index (χ4v) is 1.56. The minimum Gasteiger partial charge on any atom is -0.381 e. The molecule has 0 saturated carbocycles. The van der Waals surface area contributed by atoms with E-state index in [2.05, 4.69) is 33.0 Å². The van der Waals surface area contributed by atoms with Gasteiger partial charge >= 0.3 is 0 Å². The van der Waals surface area contributed by atoms with Crippen LogP contribution >= 0.6 is 0 Å². The van der Waals surface area contributed by atoms with E-state index in [1.54, 1.807) is 0 Å². The molecule has 2 nitrogen and oxygen atoms in total. The molecule has 0 spiro atoms. The molecule has 0 heterocycles. The molecule has 16 heavy (non-hydrogen) atoms. The molecule has 0 fully saturated rings. The van der Waals surface area contributed by atoms with E-state index < -0.39 is 0 Å². The SMILES string of the molecule is CCCCOCCCNC(C)CCC(C)C. The van der Waals surface area contributed by atoms with Crippen molar-refractivity contribution in [2.45, 2.75) is 65.8 Å². The maximum absolute atomic E-state index is 5.51. The Morgan fingerprint density at radius 2 is 1.69 bits per heavy atom. The molecule has 1 atom stereocenters. The van der Waals surface area contributed by atoms with E-state index in [0.29, 0.717) is 6.04 Å². The normalized spacial score (nSPS) is 13.3. The summed E-state index contributed by atoms with van der Waals surface area (Å²) in [7, 11) is 0. The Morgan fingerprint density at radius 1 is 1.00 bits per heavy atom. The van der Waals surface area contributed by atoms with Gasteiger partial charge in [-0.3, -0.25) is 0 Å². The molecule has 0 aromatic heterocycles. The smallest absolute Gasteiger partial charge is 0.0478 e. The lowest BCUT2D eigenvalue weighted by Gasteiger charge is -2.14. The highest BCUT2D eigenvalue weighted by atomic mass is 16.5. The summed E-state index contributed by atoms with van der Waals surface area (Å²) >= 11 is 0. The Bertz CT molecular complexity index is 137. The van der Waals surface area contributed by atoms with Gasteiger partial charge in [0.15, 0.2) is 0 Å². The van der Waals surface area contributed by atoms with Gasteiger partial charge in [0, 0.05) is 19.3 Å². The number of hydrogen-bond donors (Lipinski definition) is 1. The van der Waals surface area contributed by atoms with Gasteiger partial charge in [0.1, 0.15) is 0 Å². The lowest BCUT2D eigenvalue weighted by molar-refractivity contribution is 0.128. The Kier molecular flexibility index (Phi) is 11.3. The molecule has 0 bridgehead atoms. The van der Waals surface area contributed by atoms with Crippen LogP contribution in [0, 0.1) is 5.92 Å². The summed E-state index contributed by atoms with van der Waals surface area (Å²) in [6.07, 6.45) is 6.16. The van der Waals surface area contributed by atoms with Crippen molar-refractivity contribution in [1.29, 1.82) is 0 Å². The van der Waals surface area contributed by atoms with Crippen molar-refractivity contribution in [1.82, 2.24) is 5.32 Å². The Labute approximate surface area is 102 Å². The van der Waals surface area contributed by atoms with Crippen molar-refractivity contribution in [3.63, 3.8) is 0 Å². The quantitative estimate of drug-likeness (QED) is 0.547. The first-order valence-corrected chi connectivity index (χ1v) is 6.98. The van der Waals surface area contributed by atoms with Gasteiger partial charge in [0.25, 0.3) is 0 Å². The lowest BCUT2D eigenvalue weighted by Crippen LogP contribution is -2.28. The summed E-state index contributed by atoms with van der Waals surface area (Å²) in [4.78, 5) is 0. The molecule has 0 amide bonds. The molecular weight excluding hydrogens is 198 g/mol. The first-order valence-electron chi connectivity index (χ1n) is 6.98. The van der Waals surface area contributed by atoms with Gasteiger partial charge in [-0.25, -0.2) is 0 Å². The monoisotopic (exact) mass is 229 g/mol. The summed E-state index contributed by atoms with van der Waals surface area (Å²) in [5.41, 5.74) is 0. The number of ether oxygens (including phenoxy) is 1. The molecule has 0 aromatic carbocycles. The van der Waals surface area contributed by atoms with Gasteiger partial charge in [0.05, 0.1) is 0 Å². The van der Waals surface area contributed by atoms with Crippen LogP contribution in [-0.2, 0) is 4.74 Å². The second-order valence-corrected chi connectivity index (χ2v) is 5.15. The fraction of sp³-hybridized carbons (Fsp3) is 1.00. The fourth-order valence-electron chi connectivity index (χ4n) is 1.56.